The van der Waals surface area contributed by atoms with Crippen LogP contribution in [0.15, 0.2) is 83.9 Å². The maximum absolute atomic E-state index is 13.4. The van der Waals surface area contributed by atoms with Crippen molar-refractivity contribution in [3.8, 4) is 5.75 Å². The monoisotopic (exact) mass is 621 g/mol. The Morgan fingerprint density at radius 3 is 2.25 bits per heavy atom. The zero-order chi connectivity index (χ0) is 31.8. The molecular formula is C31H29F6N3O4. The van der Waals surface area contributed by atoms with E-state index in [1.54, 1.807) is 36.4 Å². The number of nitrogens with one attached hydrogen (secondary N) is 2. The van der Waals surface area contributed by atoms with Crippen LogP contribution < -0.4 is 15.6 Å². The molecule has 44 heavy (non-hydrogen) atoms. The van der Waals surface area contributed by atoms with E-state index in [4.69, 9.17) is 14.6 Å². The van der Waals surface area contributed by atoms with Gasteiger partial charge in [-0.3, -0.25) is 10.2 Å². The minimum atomic E-state index is -5.00. The zero-order valence-corrected chi connectivity index (χ0v) is 23.2. The molecule has 0 fully saturated rings. The molecule has 0 aliphatic carbocycles. The molecular weight excluding hydrogens is 592 g/mol. The van der Waals surface area contributed by atoms with Gasteiger partial charge < -0.3 is 14.6 Å². The fourth-order valence-corrected chi connectivity index (χ4v) is 4.27. The number of ether oxygens (including phenoxy) is 2. The highest BCUT2D eigenvalue weighted by Gasteiger charge is 2.43. The Bertz CT molecular complexity index is 1440. The van der Waals surface area contributed by atoms with Gasteiger partial charge in [-0.05, 0) is 53.6 Å². The summed E-state index contributed by atoms with van der Waals surface area (Å²) in [5, 5.41) is 8.91. The first-order chi connectivity index (χ1) is 20.9. The number of benzene rings is 3. The van der Waals surface area contributed by atoms with E-state index in [2.05, 4.69) is 15.8 Å². The smallest absolute Gasteiger partial charge is 0.416 e. The standard InChI is InChI=1S/C31H29F6N3O4/c32-30(33,34)24-16-22(17-25(18-24)31(35,36)37)19-38-40-28(42)29(13-4-8-21-6-2-1-3-7-21)20-44-27(39-29)23-9-11-26(12-10-23)43-15-5-14-41/h1-4,6-12,16-18,38,41H,5,13-15,19-20H2,(H,40,42)/b8-4+/t29-/m0/s1. The van der Waals surface area contributed by atoms with Crippen LogP contribution in [-0.4, -0.2) is 42.3 Å². The molecule has 1 aliphatic heterocycles. The van der Waals surface area contributed by atoms with Crippen molar-refractivity contribution in [1.82, 2.24) is 10.9 Å². The van der Waals surface area contributed by atoms with Gasteiger partial charge in [0, 0.05) is 31.6 Å². The van der Waals surface area contributed by atoms with E-state index < -0.39 is 41.5 Å². The zero-order valence-electron chi connectivity index (χ0n) is 23.2. The largest absolute Gasteiger partial charge is 0.494 e. The first kappa shape index (κ1) is 32.6. The number of rotatable bonds is 12. The van der Waals surface area contributed by atoms with Crippen molar-refractivity contribution in [2.45, 2.75) is 37.3 Å². The summed E-state index contributed by atoms with van der Waals surface area (Å²) < 4.78 is 90.8. The topological polar surface area (TPSA) is 92.2 Å². The Labute approximate surface area is 249 Å². The highest BCUT2D eigenvalue weighted by atomic mass is 19.4. The van der Waals surface area contributed by atoms with Gasteiger partial charge in [-0.25, -0.2) is 10.4 Å². The van der Waals surface area contributed by atoms with Gasteiger partial charge in [0.05, 0.1) is 17.7 Å². The lowest BCUT2D eigenvalue weighted by molar-refractivity contribution is -0.143. The molecule has 0 spiro atoms. The van der Waals surface area contributed by atoms with Crippen molar-refractivity contribution in [2.75, 3.05) is 19.8 Å². The third kappa shape index (κ3) is 8.60. The second-order valence-electron chi connectivity index (χ2n) is 9.93. The number of nitrogens with zero attached hydrogens (tertiary/aromatic N) is 1. The summed E-state index contributed by atoms with van der Waals surface area (Å²) in [6, 6.07) is 17.2. The van der Waals surface area contributed by atoms with Crippen molar-refractivity contribution < 1.29 is 45.7 Å². The van der Waals surface area contributed by atoms with Gasteiger partial charge in [-0.2, -0.15) is 26.3 Å². The average molecular weight is 622 g/mol. The highest BCUT2D eigenvalue weighted by molar-refractivity contribution is 6.00. The van der Waals surface area contributed by atoms with Crippen LogP contribution in [0.25, 0.3) is 6.08 Å². The van der Waals surface area contributed by atoms with Crippen molar-refractivity contribution >= 4 is 17.9 Å². The van der Waals surface area contributed by atoms with Crippen LogP contribution >= 0.6 is 0 Å². The fraction of sp³-hybridized carbons (Fsp3) is 0.290. The molecule has 0 saturated heterocycles. The summed E-state index contributed by atoms with van der Waals surface area (Å²) >= 11 is 0. The van der Waals surface area contributed by atoms with E-state index in [1.165, 1.54) is 0 Å². The molecule has 1 aliphatic rings. The number of aliphatic hydroxyl groups excluding tert-OH is 1. The van der Waals surface area contributed by atoms with E-state index >= 15 is 0 Å². The van der Waals surface area contributed by atoms with Gasteiger partial charge in [0.1, 0.15) is 12.4 Å². The molecule has 7 nitrogen and oxygen atoms in total. The second kappa shape index (κ2) is 14.0. The van der Waals surface area contributed by atoms with Crippen molar-refractivity contribution in [3.63, 3.8) is 0 Å². The van der Waals surface area contributed by atoms with Gasteiger partial charge >= 0.3 is 12.4 Å². The summed E-state index contributed by atoms with van der Waals surface area (Å²) in [5.41, 5.74) is 1.49. The van der Waals surface area contributed by atoms with E-state index in [0.717, 1.165) is 5.56 Å². The van der Waals surface area contributed by atoms with Crippen LogP contribution in [0.2, 0.25) is 0 Å². The van der Waals surface area contributed by atoms with E-state index in [9.17, 15) is 31.1 Å². The Morgan fingerprint density at radius 1 is 0.977 bits per heavy atom. The average Bonchev–Trinajstić information content (AvgIpc) is 3.43. The quantitative estimate of drug-likeness (QED) is 0.133. The number of hydrazine groups is 1. The Kier molecular flexibility index (Phi) is 10.3. The molecule has 0 radical (unpaired) electrons. The van der Waals surface area contributed by atoms with E-state index in [-0.39, 0.29) is 37.2 Å². The number of amides is 1. The molecule has 3 N–H and O–H groups in total. The summed E-state index contributed by atoms with van der Waals surface area (Å²) in [6.07, 6.45) is -5.93. The van der Waals surface area contributed by atoms with Crippen LogP contribution in [0, 0.1) is 0 Å². The molecule has 1 heterocycles. The molecule has 1 amide bonds. The fourth-order valence-electron chi connectivity index (χ4n) is 4.27. The lowest BCUT2D eigenvalue weighted by Crippen LogP contribution is -2.51. The molecule has 0 bridgehead atoms. The van der Waals surface area contributed by atoms with Gasteiger partial charge in [0.25, 0.3) is 5.91 Å². The number of carbonyl (C=O) groups excluding carboxylic acids is 1. The molecule has 3 aromatic rings. The minimum absolute atomic E-state index is 0.00497. The first-order valence-electron chi connectivity index (χ1n) is 13.5. The van der Waals surface area contributed by atoms with E-state index in [1.807, 2.05) is 30.3 Å². The predicted molar refractivity (Wildman–Crippen MR) is 150 cm³/mol. The van der Waals surface area contributed by atoms with Crippen molar-refractivity contribution in [1.29, 1.82) is 0 Å². The molecule has 4 rings (SSSR count). The van der Waals surface area contributed by atoms with Crippen molar-refractivity contribution in [2.24, 2.45) is 4.99 Å². The summed E-state index contributed by atoms with van der Waals surface area (Å²) in [6.45, 7) is -0.375. The van der Waals surface area contributed by atoms with Gasteiger partial charge in [0.2, 0.25) is 5.90 Å². The number of carbonyl (C=O) groups is 1. The van der Waals surface area contributed by atoms with E-state index in [0.29, 0.717) is 36.5 Å². The van der Waals surface area contributed by atoms with Crippen LogP contribution in [0.5, 0.6) is 5.75 Å². The van der Waals surface area contributed by atoms with Gasteiger partial charge in [-0.15, -0.1) is 0 Å². The number of hydrogen-bond acceptors (Lipinski definition) is 6. The number of halogens is 6. The lowest BCUT2D eigenvalue weighted by atomic mass is 9.95. The highest BCUT2D eigenvalue weighted by Crippen LogP contribution is 2.36. The summed E-state index contributed by atoms with van der Waals surface area (Å²) in [7, 11) is 0. The molecule has 0 saturated carbocycles. The maximum Gasteiger partial charge on any atom is 0.416 e. The predicted octanol–water partition coefficient (Wildman–Crippen LogP) is 5.93. The summed E-state index contributed by atoms with van der Waals surface area (Å²) in [4.78, 5) is 18.0. The minimum Gasteiger partial charge on any atom is -0.494 e. The van der Waals surface area contributed by atoms with Crippen LogP contribution in [0.4, 0.5) is 26.3 Å². The molecule has 0 unspecified atom stereocenters. The number of aliphatic hydroxyl groups is 1. The van der Waals surface area contributed by atoms with Crippen LogP contribution in [0.3, 0.4) is 0 Å². The molecule has 3 aromatic carbocycles. The number of aliphatic imine (C=N–C) groups is 1. The molecule has 0 aromatic heterocycles. The van der Waals surface area contributed by atoms with Crippen LogP contribution in [-0.2, 0) is 28.4 Å². The number of hydrogen-bond donors (Lipinski definition) is 3. The molecule has 13 heteroatoms. The SMILES string of the molecule is O=C(NNCc1cc(C(F)(F)F)cc(C(F)(F)F)c1)[C@]1(C/C=C/c2ccccc2)COC(c2ccc(OCCCO)cc2)=N1. The Balaban J connectivity index is 1.52. The third-order valence-corrected chi connectivity index (χ3v) is 6.57. The Morgan fingerprint density at radius 2 is 1.64 bits per heavy atom. The van der Waals surface area contributed by atoms with Crippen molar-refractivity contribution in [3.05, 3.63) is 107 Å². The molecule has 234 valence electrons. The Hall–Kier alpha value is -4.36. The first-order valence-corrected chi connectivity index (χ1v) is 13.5. The maximum atomic E-state index is 13.4. The van der Waals surface area contributed by atoms with Gasteiger partial charge in [0.15, 0.2) is 5.54 Å². The lowest BCUT2D eigenvalue weighted by Gasteiger charge is -2.22. The van der Waals surface area contributed by atoms with Crippen LogP contribution in [0.1, 0.15) is 40.7 Å². The molecule has 1 atom stereocenters. The normalized spacial score (nSPS) is 16.9. The number of alkyl halides is 6. The summed E-state index contributed by atoms with van der Waals surface area (Å²) in [5.74, 6) is 0.0307. The third-order valence-electron chi connectivity index (χ3n) is 6.57. The second-order valence-corrected chi connectivity index (χ2v) is 9.93. The van der Waals surface area contributed by atoms with Gasteiger partial charge in [-0.1, -0.05) is 42.5 Å².